The largest absolute Gasteiger partial charge is 0.305 e. The van der Waals surface area contributed by atoms with Gasteiger partial charge in [-0.15, -0.1) is 0 Å². The van der Waals surface area contributed by atoms with Crippen LogP contribution in [0.2, 0.25) is 0 Å². The molecule has 1 heterocycles. The van der Waals surface area contributed by atoms with Crippen LogP contribution in [-0.4, -0.2) is 55.4 Å². The summed E-state index contributed by atoms with van der Waals surface area (Å²) in [5, 5.41) is 0. The van der Waals surface area contributed by atoms with Gasteiger partial charge >= 0.3 is 0 Å². The second-order valence-corrected chi connectivity index (χ2v) is 4.18. The highest BCUT2D eigenvalue weighted by molar-refractivity contribution is 5.77. The van der Waals surface area contributed by atoms with E-state index < -0.39 is 0 Å². The first kappa shape index (κ1) is 10.7. The number of carbonyl (C=O) groups excluding carboxylic acids is 1. The highest BCUT2D eigenvalue weighted by atomic mass is 16.1. The average Bonchev–Trinajstić information content (AvgIpc) is 2.03. The van der Waals surface area contributed by atoms with Gasteiger partial charge in [0, 0.05) is 12.6 Å². The zero-order valence-electron chi connectivity index (χ0n) is 8.92. The highest BCUT2D eigenvalue weighted by Crippen LogP contribution is 2.12. The van der Waals surface area contributed by atoms with Crippen LogP contribution in [0.25, 0.3) is 0 Å². The van der Waals surface area contributed by atoms with E-state index in [1.165, 1.54) is 19.4 Å². The topological polar surface area (TPSA) is 23.6 Å². The average molecular weight is 184 g/mol. The third-order valence-electron chi connectivity index (χ3n) is 2.70. The normalized spacial score (nSPS) is 25.1. The Morgan fingerprint density at radius 1 is 1.62 bits per heavy atom. The van der Waals surface area contributed by atoms with Gasteiger partial charge < -0.3 is 4.90 Å². The third-order valence-corrected chi connectivity index (χ3v) is 2.70. The van der Waals surface area contributed by atoms with Crippen LogP contribution in [0.15, 0.2) is 0 Å². The van der Waals surface area contributed by atoms with Crippen molar-refractivity contribution in [2.24, 2.45) is 0 Å². The SMILES string of the molecule is CC(=O)CN(C)C1CCCN(C)C1. The first-order valence-electron chi connectivity index (χ1n) is 4.98. The summed E-state index contributed by atoms with van der Waals surface area (Å²) in [5.74, 6) is 0.260. The van der Waals surface area contributed by atoms with Crippen LogP contribution in [0.1, 0.15) is 19.8 Å². The quantitative estimate of drug-likeness (QED) is 0.642. The molecule has 1 rings (SSSR count). The molecule has 0 amide bonds. The molecule has 76 valence electrons. The minimum atomic E-state index is 0.260. The maximum Gasteiger partial charge on any atom is 0.143 e. The molecule has 0 aliphatic carbocycles. The van der Waals surface area contributed by atoms with E-state index in [0.717, 1.165) is 6.54 Å². The van der Waals surface area contributed by atoms with Crippen LogP contribution >= 0.6 is 0 Å². The number of carbonyl (C=O) groups is 1. The highest BCUT2D eigenvalue weighted by Gasteiger charge is 2.21. The summed E-state index contributed by atoms with van der Waals surface area (Å²) in [6.45, 7) is 4.55. The maximum atomic E-state index is 10.9. The number of hydrogen-bond donors (Lipinski definition) is 0. The summed E-state index contributed by atoms with van der Waals surface area (Å²) >= 11 is 0. The van der Waals surface area contributed by atoms with Crippen LogP contribution in [0, 0.1) is 0 Å². The van der Waals surface area contributed by atoms with Crippen LogP contribution < -0.4 is 0 Å². The van der Waals surface area contributed by atoms with Gasteiger partial charge in [-0.1, -0.05) is 0 Å². The fraction of sp³-hybridized carbons (Fsp3) is 0.900. The van der Waals surface area contributed by atoms with Crippen LogP contribution in [0.4, 0.5) is 0 Å². The molecule has 1 atom stereocenters. The van der Waals surface area contributed by atoms with Crippen LogP contribution in [0.5, 0.6) is 0 Å². The Hall–Kier alpha value is -0.410. The lowest BCUT2D eigenvalue weighted by Crippen LogP contribution is -2.46. The number of piperidine rings is 1. The molecule has 1 saturated heterocycles. The van der Waals surface area contributed by atoms with Gasteiger partial charge in [-0.2, -0.15) is 0 Å². The zero-order valence-corrected chi connectivity index (χ0v) is 8.92. The Balaban J connectivity index is 2.36. The van der Waals surface area contributed by atoms with Crippen molar-refractivity contribution in [2.75, 3.05) is 33.7 Å². The molecule has 1 aliphatic heterocycles. The predicted octanol–water partition coefficient (Wildman–Crippen LogP) is 0.601. The molecule has 1 unspecified atom stereocenters. The van der Waals surface area contributed by atoms with Crippen molar-refractivity contribution in [3.8, 4) is 0 Å². The number of nitrogens with zero attached hydrogens (tertiary/aromatic N) is 2. The van der Waals surface area contributed by atoms with E-state index >= 15 is 0 Å². The summed E-state index contributed by atoms with van der Waals surface area (Å²) < 4.78 is 0. The van der Waals surface area contributed by atoms with Gasteiger partial charge in [0.25, 0.3) is 0 Å². The summed E-state index contributed by atoms with van der Waals surface area (Å²) in [7, 11) is 4.19. The molecule has 3 nitrogen and oxygen atoms in total. The molecule has 1 fully saturated rings. The third kappa shape index (κ3) is 3.44. The first-order valence-corrected chi connectivity index (χ1v) is 4.98. The lowest BCUT2D eigenvalue weighted by atomic mass is 10.1. The van der Waals surface area contributed by atoms with Gasteiger partial charge in [0.2, 0.25) is 0 Å². The van der Waals surface area contributed by atoms with Gasteiger partial charge in [-0.05, 0) is 40.4 Å². The first-order chi connectivity index (χ1) is 6.09. The van der Waals surface area contributed by atoms with E-state index in [9.17, 15) is 4.79 Å². The monoisotopic (exact) mass is 184 g/mol. The smallest absolute Gasteiger partial charge is 0.143 e. The van der Waals surface area contributed by atoms with Crippen LogP contribution in [-0.2, 0) is 4.79 Å². The van der Waals surface area contributed by atoms with E-state index in [2.05, 4.69) is 16.8 Å². The Morgan fingerprint density at radius 3 is 2.85 bits per heavy atom. The van der Waals surface area contributed by atoms with E-state index in [0.29, 0.717) is 12.6 Å². The number of ketones is 1. The van der Waals surface area contributed by atoms with Crippen molar-refractivity contribution < 1.29 is 4.79 Å². The Morgan fingerprint density at radius 2 is 2.31 bits per heavy atom. The van der Waals surface area contributed by atoms with E-state index in [1.807, 2.05) is 7.05 Å². The van der Waals surface area contributed by atoms with Crippen molar-refractivity contribution in [1.82, 2.24) is 9.80 Å². The maximum absolute atomic E-state index is 10.9. The molecule has 0 aromatic heterocycles. The van der Waals surface area contributed by atoms with E-state index in [4.69, 9.17) is 0 Å². The van der Waals surface area contributed by atoms with E-state index in [1.54, 1.807) is 6.92 Å². The molecular formula is C10H20N2O. The second kappa shape index (κ2) is 4.72. The van der Waals surface area contributed by atoms with Crippen LogP contribution in [0.3, 0.4) is 0 Å². The van der Waals surface area contributed by atoms with E-state index in [-0.39, 0.29) is 5.78 Å². The van der Waals surface area contributed by atoms with Gasteiger partial charge in [0.1, 0.15) is 5.78 Å². The standard InChI is InChI=1S/C10H20N2O/c1-9(13)7-12(3)10-5-4-6-11(2)8-10/h10H,4-8H2,1-3H3. The number of likely N-dealkylation sites (N-methyl/N-ethyl adjacent to an activating group) is 2. The summed E-state index contributed by atoms with van der Waals surface area (Å²) in [4.78, 5) is 15.4. The molecule has 0 bridgehead atoms. The van der Waals surface area contributed by atoms with Crippen molar-refractivity contribution >= 4 is 5.78 Å². The molecule has 0 N–H and O–H groups in total. The fourth-order valence-corrected chi connectivity index (χ4v) is 1.98. The summed E-state index contributed by atoms with van der Waals surface area (Å²) in [5.41, 5.74) is 0. The molecule has 0 radical (unpaired) electrons. The molecule has 13 heavy (non-hydrogen) atoms. The van der Waals surface area contributed by atoms with Crippen molar-refractivity contribution in [2.45, 2.75) is 25.8 Å². The Labute approximate surface area is 80.7 Å². The predicted molar refractivity (Wildman–Crippen MR) is 53.8 cm³/mol. The zero-order chi connectivity index (χ0) is 9.84. The van der Waals surface area contributed by atoms with Gasteiger partial charge in [0.15, 0.2) is 0 Å². The lowest BCUT2D eigenvalue weighted by molar-refractivity contribution is -0.118. The summed E-state index contributed by atoms with van der Waals surface area (Å²) in [6.07, 6.45) is 2.48. The van der Waals surface area contributed by atoms with Gasteiger partial charge in [-0.25, -0.2) is 0 Å². The lowest BCUT2D eigenvalue weighted by Gasteiger charge is -2.35. The molecule has 1 aliphatic rings. The molecule has 0 spiro atoms. The molecule has 0 aromatic carbocycles. The molecular weight excluding hydrogens is 164 g/mol. The van der Waals surface area contributed by atoms with Gasteiger partial charge in [-0.3, -0.25) is 9.69 Å². The molecule has 3 heteroatoms. The van der Waals surface area contributed by atoms with Crippen molar-refractivity contribution in [3.63, 3.8) is 0 Å². The minimum absolute atomic E-state index is 0.260. The number of likely N-dealkylation sites (tertiary alicyclic amines) is 1. The Kier molecular flexibility index (Phi) is 3.88. The number of Topliss-reactive ketones (excluding diaryl/α,β-unsaturated/α-hetero) is 1. The summed E-state index contributed by atoms with van der Waals surface area (Å²) in [6, 6.07) is 0.572. The minimum Gasteiger partial charge on any atom is -0.305 e. The molecule has 0 saturated carbocycles. The number of rotatable bonds is 3. The Bertz CT molecular complexity index is 182. The van der Waals surface area contributed by atoms with Crippen molar-refractivity contribution in [1.29, 1.82) is 0 Å². The second-order valence-electron chi connectivity index (χ2n) is 4.18. The van der Waals surface area contributed by atoms with Gasteiger partial charge in [0.05, 0.1) is 6.54 Å². The molecule has 0 aromatic rings. The fourth-order valence-electron chi connectivity index (χ4n) is 1.98. The number of hydrogen-bond acceptors (Lipinski definition) is 3. The van der Waals surface area contributed by atoms with Crippen molar-refractivity contribution in [3.05, 3.63) is 0 Å².